The SMILES string of the molecule is CCOc1ccc(Cl)cc1CN(C)C(=O)[C@H]1CC[C@@H](C(=O)O)C1. The van der Waals surface area contributed by atoms with Crippen LogP contribution >= 0.6 is 11.6 Å². The van der Waals surface area contributed by atoms with Gasteiger partial charge in [0.25, 0.3) is 0 Å². The van der Waals surface area contributed by atoms with Gasteiger partial charge in [-0.2, -0.15) is 0 Å². The topological polar surface area (TPSA) is 66.8 Å². The molecule has 1 aliphatic carbocycles. The van der Waals surface area contributed by atoms with Gasteiger partial charge in [-0.3, -0.25) is 9.59 Å². The molecule has 5 nitrogen and oxygen atoms in total. The quantitative estimate of drug-likeness (QED) is 0.864. The summed E-state index contributed by atoms with van der Waals surface area (Å²) < 4.78 is 5.57. The van der Waals surface area contributed by atoms with Crippen molar-refractivity contribution in [2.24, 2.45) is 11.8 Å². The molecule has 0 radical (unpaired) electrons. The van der Waals surface area contributed by atoms with Gasteiger partial charge < -0.3 is 14.7 Å². The third-order valence-electron chi connectivity index (χ3n) is 4.24. The van der Waals surface area contributed by atoms with Gasteiger partial charge >= 0.3 is 5.97 Å². The summed E-state index contributed by atoms with van der Waals surface area (Å²) in [4.78, 5) is 25.2. The second-order valence-corrected chi connectivity index (χ2v) is 6.36. The van der Waals surface area contributed by atoms with E-state index in [1.807, 2.05) is 6.92 Å². The van der Waals surface area contributed by atoms with E-state index >= 15 is 0 Å². The minimum absolute atomic E-state index is 0.0174. The first-order valence-electron chi connectivity index (χ1n) is 7.81. The molecule has 1 aromatic rings. The highest BCUT2D eigenvalue weighted by atomic mass is 35.5. The van der Waals surface area contributed by atoms with E-state index in [1.54, 1.807) is 30.1 Å². The van der Waals surface area contributed by atoms with Crippen molar-refractivity contribution >= 4 is 23.5 Å². The van der Waals surface area contributed by atoms with Gasteiger partial charge in [0.2, 0.25) is 5.91 Å². The Morgan fingerprint density at radius 2 is 2.04 bits per heavy atom. The first-order valence-corrected chi connectivity index (χ1v) is 8.19. The van der Waals surface area contributed by atoms with Gasteiger partial charge in [0.15, 0.2) is 0 Å². The first-order chi connectivity index (χ1) is 10.9. The second kappa shape index (κ2) is 7.68. The number of benzene rings is 1. The lowest BCUT2D eigenvalue weighted by atomic mass is 10.0. The zero-order valence-electron chi connectivity index (χ0n) is 13.4. The summed E-state index contributed by atoms with van der Waals surface area (Å²) in [5.41, 5.74) is 0.850. The highest BCUT2D eigenvalue weighted by Gasteiger charge is 2.35. The van der Waals surface area contributed by atoms with Crippen LogP contribution in [0.2, 0.25) is 5.02 Å². The van der Waals surface area contributed by atoms with E-state index in [9.17, 15) is 9.59 Å². The van der Waals surface area contributed by atoms with E-state index in [0.29, 0.717) is 43.2 Å². The van der Waals surface area contributed by atoms with Crippen LogP contribution in [0.4, 0.5) is 0 Å². The maximum atomic E-state index is 12.5. The minimum atomic E-state index is -0.809. The molecule has 23 heavy (non-hydrogen) atoms. The van der Waals surface area contributed by atoms with Crippen LogP contribution in [0.5, 0.6) is 5.75 Å². The average molecular weight is 340 g/mol. The molecule has 1 saturated carbocycles. The van der Waals surface area contributed by atoms with Crippen LogP contribution in [0, 0.1) is 11.8 Å². The van der Waals surface area contributed by atoms with Gasteiger partial charge in [0.1, 0.15) is 5.75 Å². The molecule has 0 unspecified atom stereocenters. The predicted molar refractivity (Wildman–Crippen MR) is 87.6 cm³/mol. The Kier molecular flexibility index (Phi) is 5.88. The van der Waals surface area contributed by atoms with E-state index in [4.69, 9.17) is 21.4 Å². The number of carbonyl (C=O) groups is 2. The maximum absolute atomic E-state index is 12.5. The normalized spacial score (nSPS) is 20.3. The van der Waals surface area contributed by atoms with Crippen molar-refractivity contribution < 1.29 is 19.4 Å². The number of amides is 1. The highest BCUT2D eigenvalue weighted by molar-refractivity contribution is 6.30. The molecule has 1 aromatic carbocycles. The van der Waals surface area contributed by atoms with Crippen molar-refractivity contribution in [1.29, 1.82) is 0 Å². The van der Waals surface area contributed by atoms with Crippen molar-refractivity contribution in [3.63, 3.8) is 0 Å². The summed E-state index contributed by atoms with van der Waals surface area (Å²) in [6, 6.07) is 5.35. The second-order valence-electron chi connectivity index (χ2n) is 5.92. The number of hydrogen-bond acceptors (Lipinski definition) is 3. The van der Waals surface area contributed by atoms with E-state index in [-0.39, 0.29) is 11.8 Å². The fourth-order valence-corrected chi connectivity index (χ4v) is 3.24. The van der Waals surface area contributed by atoms with Gasteiger partial charge in [-0.15, -0.1) is 0 Å². The molecule has 0 saturated heterocycles. The van der Waals surface area contributed by atoms with Gasteiger partial charge in [-0.1, -0.05) is 11.6 Å². The zero-order valence-corrected chi connectivity index (χ0v) is 14.2. The van der Waals surface area contributed by atoms with Crippen molar-refractivity contribution in [2.75, 3.05) is 13.7 Å². The molecule has 126 valence electrons. The molecule has 1 amide bonds. The molecule has 0 heterocycles. The molecule has 1 N–H and O–H groups in total. The van der Waals surface area contributed by atoms with Crippen LogP contribution in [-0.2, 0) is 16.1 Å². The van der Waals surface area contributed by atoms with Gasteiger partial charge in [-0.05, 0) is 44.4 Å². The molecule has 6 heteroatoms. The Balaban J connectivity index is 2.04. The largest absolute Gasteiger partial charge is 0.494 e. The van der Waals surface area contributed by atoms with Crippen LogP contribution in [0.1, 0.15) is 31.7 Å². The van der Waals surface area contributed by atoms with E-state index in [1.165, 1.54) is 0 Å². The number of carboxylic acid groups (broad SMARTS) is 1. The number of hydrogen-bond donors (Lipinski definition) is 1. The van der Waals surface area contributed by atoms with Crippen molar-refractivity contribution in [2.45, 2.75) is 32.7 Å². The summed E-state index contributed by atoms with van der Waals surface area (Å²) in [6.07, 6.45) is 1.63. The first kappa shape index (κ1) is 17.6. The fourth-order valence-electron chi connectivity index (χ4n) is 3.04. The molecular formula is C17H22ClNO4. The number of halogens is 1. The summed E-state index contributed by atoms with van der Waals surface area (Å²) >= 11 is 6.04. The molecule has 0 aliphatic heterocycles. The van der Waals surface area contributed by atoms with Crippen LogP contribution in [0.25, 0.3) is 0 Å². The van der Waals surface area contributed by atoms with Gasteiger partial charge in [0, 0.05) is 30.1 Å². The predicted octanol–water partition coefficient (Wildman–Crippen LogP) is 3.20. The minimum Gasteiger partial charge on any atom is -0.494 e. The molecule has 1 fully saturated rings. The third-order valence-corrected chi connectivity index (χ3v) is 4.47. The lowest BCUT2D eigenvalue weighted by Crippen LogP contribution is -2.32. The van der Waals surface area contributed by atoms with E-state index in [0.717, 1.165) is 5.56 Å². The number of rotatable bonds is 6. The smallest absolute Gasteiger partial charge is 0.306 e. The van der Waals surface area contributed by atoms with Crippen LogP contribution in [0.3, 0.4) is 0 Å². The Labute approximate surface area is 141 Å². The van der Waals surface area contributed by atoms with Crippen LogP contribution in [0.15, 0.2) is 18.2 Å². The lowest BCUT2D eigenvalue weighted by molar-refractivity contribution is -0.141. The van der Waals surface area contributed by atoms with Crippen LogP contribution in [-0.4, -0.2) is 35.5 Å². The van der Waals surface area contributed by atoms with Gasteiger partial charge in [-0.25, -0.2) is 0 Å². The Bertz CT molecular complexity index is 590. The molecule has 2 atom stereocenters. The molecular weight excluding hydrogens is 318 g/mol. The number of ether oxygens (including phenoxy) is 1. The summed E-state index contributed by atoms with van der Waals surface area (Å²) in [6.45, 7) is 2.83. The van der Waals surface area contributed by atoms with Crippen molar-refractivity contribution in [3.8, 4) is 5.75 Å². The fraction of sp³-hybridized carbons (Fsp3) is 0.529. The van der Waals surface area contributed by atoms with Crippen LogP contribution < -0.4 is 4.74 Å². The zero-order chi connectivity index (χ0) is 17.0. The lowest BCUT2D eigenvalue weighted by Gasteiger charge is -2.22. The van der Waals surface area contributed by atoms with Crippen molar-refractivity contribution in [3.05, 3.63) is 28.8 Å². The third kappa shape index (κ3) is 4.38. The van der Waals surface area contributed by atoms with Crippen molar-refractivity contribution in [1.82, 2.24) is 4.90 Å². The average Bonchev–Trinajstić information content (AvgIpc) is 2.99. The maximum Gasteiger partial charge on any atom is 0.306 e. The molecule has 0 spiro atoms. The molecule has 2 rings (SSSR count). The summed E-state index contributed by atoms with van der Waals surface area (Å²) in [5, 5.41) is 9.65. The number of aliphatic carboxylic acids is 1. The van der Waals surface area contributed by atoms with E-state index < -0.39 is 11.9 Å². The molecule has 0 aromatic heterocycles. The summed E-state index contributed by atoms with van der Waals surface area (Å²) in [5.74, 6) is -0.725. The van der Waals surface area contributed by atoms with Gasteiger partial charge in [0.05, 0.1) is 12.5 Å². The monoisotopic (exact) mass is 339 g/mol. The Hall–Kier alpha value is -1.75. The summed E-state index contributed by atoms with van der Waals surface area (Å²) in [7, 11) is 1.73. The molecule has 0 bridgehead atoms. The number of carbonyl (C=O) groups excluding carboxylic acids is 1. The number of nitrogens with zero attached hydrogens (tertiary/aromatic N) is 1. The number of carboxylic acids is 1. The highest BCUT2D eigenvalue weighted by Crippen LogP contribution is 2.33. The standard InChI is InChI=1S/C17H22ClNO4/c1-3-23-15-7-6-14(18)9-13(15)10-19(2)16(20)11-4-5-12(8-11)17(21)22/h6-7,9,11-12H,3-5,8,10H2,1-2H3,(H,21,22)/t11-,12+/m0/s1. The Morgan fingerprint density at radius 3 is 2.65 bits per heavy atom. The Morgan fingerprint density at radius 1 is 1.35 bits per heavy atom. The molecule has 1 aliphatic rings. The van der Waals surface area contributed by atoms with E-state index in [2.05, 4.69) is 0 Å².